The van der Waals surface area contributed by atoms with Gasteiger partial charge < -0.3 is 10.6 Å². The van der Waals surface area contributed by atoms with E-state index >= 15 is 0 Å². The van der Waals surface area contributed by atoms with Crippen molar-refractivity contribution in [1.82, 2.24) is 19.9 Å². The first-order chi connectivity index (χ1) is 16.3. The third-order valence-corrected chi connectivity index (χ3v) is 6.70. The minimum Gasteiger partial charge on any atom is -0.365 e. The van der Waals surface area contributed by atoms with E-state index in [2.05, 4.69) is 35.3 Å². The maximum Gasteiger partial charge on any atom is 0.421 e. The molecule has 0 bridgehead atoms. The quantitative estimate of drug-likeness (QED) is 0.375. The fourth-order valence-electron chi connectivity index (χ4n) is 2.66. The molecule has 188 valence electrons. The van der Waals surface area contributed by atoms with Crippen LogP contribution < -0.4 is 15.4 Å². The molecule has 0 amide bonds. The second-order valence-corrected chi connectivity index (χ2v) is 11.1. The molecule has 0 spiro atoms. The largest absolute Gasteiger partial charge is 0.421 e. The minimum absolute atomic E-state index is 0.0279. The Morgan fingerprint density at radius 3 is 2.31 bits per heavy atom. The Labute approximate surface area is 199 Å². The third-order valence-electron chi connectivity index (χ3n) is 4.44. The summed E-state index contributed by atoms with van der Waals surface area (Å²) in [5, 5.41) is 5.04. The number of aromatic nitrogens is 4. The van der Waals surface area contributed by atoms with Crippen LogP contribution in [-0.2, 0) is 32.6 Å². The summed E-state index contributed by atoms with van der Waals surface area (Å²) in [4.78, 5) is 15.3. The van der Waals surface area contributed by atoms with Crippen LogP contribution in [0.3, 0.4) is 0 Å². The molecule has 11 nitrogen and oxygen atoms in total. The van der Waals surface area contributed by atoms with Crippen molar-refractivity contribution in [2.75, 3.05) is 27.4 Å². The maximum atomic E-state index is 13.5. The van der Waals surface area contributed by atoms with Crippen LogP contribution in [0.2, 0.25) is 0 Å². The van der Waals surface area contributed by atoms with E-state index in [1.54, 1.807) is 0 Å². The Kier molecular flexibility index (Phi) is 7.44. The molecular weight excluding hydrogens is 511 g/mol. The van der Waals surface area contributed by atoms with Crippen LogP contribution in [-0.4, -0.2) is 48.8 Å². The summed E-state index contributed by atoms with van der Waals surface area (Å²) in [6.45, 7) is 1.19. The first-order valence-electron chi connectivity index (χ1n) is 9.84. The van der Waals surface area contributed by atoms with Crippen molar-refractivity contribution in [1.29, 1.82) is 0 Å². The highest BCUT2D eigenvalue weighted by atomic mass is 32.2. The van der Waals surface area contributed by atoms with E-state index in [0.717, 1.165) is 6.26 Å². The van der Waals surface area contributed by atoms with Gasteiger partial charge in [-0.15, -0.1) is 0 Å². The highest BCUT2D eigenvalue weighted by molar-refractivity contribution is 7.92. The van der Waals surface area contributed by atoms with E-state index in [-0.39, 0.29) is 40.3 Å². The third kappa shape index (κ3) is 6.98. The zero-order valence-electron chi connectivity index (χ0n) is 18.3. The predicted octanol–water partition coefficient (Wildman–Crippen LogP) is 2.81. The Morgan fingerprint density at radius 2 is 1.71 bits per heavy atom. The zero-order chi connectivity index (χ0) is 25.9. The van der Waals surface area contributed by atoms with Gasteiger partial charge in [0.2, 0.25) is 16.0 Å². The van der Waals surface area contributed by atoms with E-state index < -0.39 is 37.4 Å². The molecule has 0 aliphatic rings. The second kappa shape index (κ2) is 9.99. The molecule has 0 atom stereocenters. The summed E-state index contributed by atoms with van der Waals surface area (Å²) in [6.07, 6.45) is -0.693. The number of sulfonamides is 1. The van der Waals surface area contributed by atoms with Gasteiger partial charge in [0.1, 0.15) is 17.2 Å². The van der Waals surface area contributed by atoms with Crippen molar-refractivity contribution in [3.63, 3.8) is 0 Å². The number of anilines is 4. The van der Waals surface area contributed by atoms with Crippen LogP contribution in [0.15, 0.2) is 47.9 Å². The molecule has 0 aliphatic heterocycles. The van der Waals surface area contributed by atoms with Crippen LogP contribution in [0, 0.1) is 0 Å². The van der Waals surface area contributed by atoms with Crippen molar-refractivity contribution in [3.05, 3.63) is 54.0 Å². The monoisotopic (exact) mass is 531 g/mol. The second-order valence-electron chi connectivity index (χ2n) is 7.11. The summed E-state index contributed by atoms with van der Waals surface area (Å²) in [5.74, 6) is -1.02. The first-order valence-corrected chi connectivity index (χ1v) is 13.4. The van der Waals surface area contributed by atoms with Gasteiger partial charge in [-0.25, -0.2) is 31.8 Å². The number of hydrogen-bond acceptors (Lipinski definition) is 10. The molecule has 0 saturated carbocycles. The first kappa shape index (κ1) is 26.1. The van der Waals surface area contributed by atoms with Crippen molar-refractivity contribution in [2.45, 2.75) is 24.7 Å². The number of alkyl halides is 3. The van der Waals surface area contributed by atoms with E-state index in [9.17, 15) is 30.0 Å². The minimum atomic E-state index is -4.78. The lowest BCUT2D eigenvalue weighted by molar-refractivity contribution is -0.137. The normalized spacial score (nSPS) is 12.3. The molecule has 3 N–H and O–H groups in total. The molecule has 16 heteroatoms. The van der Waals surface area contributed by atoms with E-state index in [0.29, 0.717) is 6.20 Å². The number of halogens is 3. The van der Waals surface area contributed by atoms with Gasteiger partial charge >= 0.3 is 6.18 Å². The standard InChI is InChI=1S/C19H20F3N7O4S2/c1-3-35(32,33)29-16-12(5-4-8-23-16)9-25-17-14(19(20,21)22)11-26-18(28-17)27-13-6-7-15(24-10-13)34(2,30)31/h4-8,10-11H,3,9H2,1-2H3,(H,23,29)(H2,25,26,27,28). The molecular formula is C19H20F3N7O4S2. The SMILES string of the molecule is CCS(=O)(=O)Nc1ncccc1CNc1nc(Nc2ccc(S(C)(=O)=O)nc2)ncc1C(F)(F)F. The molecule has 3 heterocycles. The van der Waals surface area contributed by atoms with Gasteiger partial charge in [-0.05, 0) is 25.1 Å². The molecule has 35 heavy (non-hydrogen) atoms. The molecule has 3 aromatic rings. The van der Waals surface area contributed by atoms with Crippen molar-refractivity contribution >= 4 is 43.1 Å². The van der Waals surface area contributed by atoms with Crippen molar-refractivity contribution < 1.29 is 30.0 Å². The van der Waals surface area contributed by atoms with Gasteiger partial charge in [-0.3, -0.25) is 4.72 Å². The van der Waals surface area contributed by atoms with E-state index in [1.165, 1.54) is 43.6 Å². The van der Waals surface area contributed by atoms with Gasteiger partial charge in [-0.2, -0.15) is 18.2 Å². The van der Waals surface area contributed by atoms with Crippen LogP contribution in [0.25, 0.3) is 0 Å². The molecule has 0 radical (unpaired) electrons. The predicted molar refractivity (Wildman–Crippen MR) is 122 cm³/mol. The highest BCUT2D eigenvalue weighted by Gasteiger charge is 2.35. The van der Waals surface area contributed by atoms with Crippen LogP contribution in [0.5, 0.6) is 0 Å². The van der Waals surface area contributed by atoms with Gasteiger partial charge in [-0.1, -0.05) is 6.07 Å². The van der Waals surface area contributed by atoms with Crippen LogP contribution in [0.1, 0.15) is 18.1 Å². The molecule has 0 fully saturated rings. The summed E-state index contributed by atoms with van der Waals surface area (Å²) in [6, 6.07) is 5.59. The summed E-state index contributed by atoms with van der Waals surface area (Å²) in [7, 11) is -7.19. The Bertz CT molecular complexity index is 1420. The lowest BCUT2D eigenvalue weighted by atomic mass is 10.2. The maximum absolute atomic E-state index is 13.5. The molecule has 3 aromatic heterocycles. The Hall–Kier alpha value is -3.53. The lowest BCUT2D eigenvalue weighted by Gasteiger charge is -2.16. The fourth-order valence-corrected chi connectivity index (χ4v) is 3.84. The number of nitrogens with zero attached hydrogens (tertiary/aromatic N) is 4. The number of pyridine rings is 2. The average molecular weight is 532 g/mol. The van der Waals surface area contributed by atoms with Gasteiger partial charge in [0, 0.05) is 30.8 Å². The summed E-state index contributed by atoms with van der Waals surface area (Å²) < 4.78 is 89.7. The number of rotatable bonds is 9. The molecule has 0 aliphatic carbocycles. The van der Waals surface area contributed by atoms with Crippen LogP contribution >= 0.6 is 0 Å². The topological polar surface area (TPSA) is 156 Å². The van der Waals surface area contributed by atoms with Crippen molar-refractivity contribution in [2.24, 2.45) is 0 Å². The Morgan fingerprint density at radius 1 is 0.971 bits per heavy atom. The van der Waals surface area contributed by atoms with Gasteiger partial charge in [0.15, 0.2) is 14.9 Å². The molecule has 0 unspecified atom stereocenters. The lowest BCUT2D eigenvalue weighted by Crippen LogP contribution is -2.18. The number of sulfone groups is 1. The fraction of sp³-hybridized carbons (Fsp3) is 0.263. The average Bonchev–Trinajstić information content (AvgIpc) is 2.77. The number of hydrogen-bond donors (Lipinski definition) is 3. The summed E-state index contributed by atoms with van der Waals surface area (Å²) in [5.41, 5.74) is -0.619. The molecule has 0 saturated heterocycles. The number of nitrogens with one attached hydrogen (secondary N) is 3. The van der Waals surface area contributed by atoms with E-state index in [1.807, 2.05) is 0 Å². The highest BCUT2D eigenvalue weighted by Crippen LogP contribution is 2.34. The van der Waals surface area contributed by atoms with Crippen molar-refractivity contribution in [3.8, 4) is 0 Å². The smallest absolute Gasteiger partial charge is 0.365 e. The summed E-state index contributed by atoms with van der Waals surface area (Å²) >= 11 is 0. The van der Waals surface area contributed by atoms with E-state index in [4.69, 9.17) is 0 Å². The Balaban J connectivity index is 1.87. The zero-order valence-corrected chi connectivity index (χ0v) is 20.0. The molecule has 0 aromatic carbocycles. The van der Waals surface area contributed by atoms with Gasteiger partial charge in [0.25, 0.3) is 0 Å². The van der Waals surface area contributed by atoms with Crippen LogP contribution in [0.4, 0.5) is 36.4 Å². The molecule has 3 rings (SSSR count). The van der Waals surface area contributed by atoms with Gasteiger partial charge in [0.05, 0.1) is 17.6 Å².